The Kier molecular flexibility index (Phi) is 6.67. The van der Waals surface area contributed by atoms with Gasteiger partial charge in [-0.25, -0.2) is 13.2 Å². The molecule has 0 N–H and O–H groups in total. The lowest BCUT2D eigenvalue weighted by Crippen LogP contribution is -2.48. The van der Waals surface area contributed by atoms with E-state index in [1.165, 1.54) is 22.7 Å². The highest BCUT2D eigenvalue weighted by Gasteiger charge is 2.31. The molecule has 0 spiro atoms. The maximum Gasteiger partial charge on any atom is 0.341 e. The number of hydrogen-bond donors (Lipinski definition) is 0. The largest absolute Gasteiger partial charge is 0.467 e. The molecule has 1 fully saturated rings. The van der Waals surface area contributed by atoms with Crippen LogP contribution < -0.4 is 0 Å². The monoisotopic (exact) mass is 446 g/mol. The maximum atomic E-state index is 12.9. The second-order valence-electron chi connectivity index (χ2n) is 6.23. The molecule has 0 aliphatic carbocycles. The van der Waals surface area contributed by atoms with Crippen molar-refractivity contribution >= 4 is 39.2 Å². The van der Waals surface area contributed by atoms with Gasteiger partial charge in [-0.2, -0.15) is 4.31 Å². The molecule has 1 aromatic heterocycles. The van der Waals surface area contributed by atoms with Crippen LogP contribution in [0.1, 0.15) is 23.0 Å². The lowest BCUT2D eigenvalue weighted by Gasteiger charge is -2.33. The molecule has 10 heteroatoms. The second kappa shape index (κ2) is 8.84. The highest BCUT2D eigenvalue weighted by molar-refractivity contribution is 7.89. The van der Waals surface area contributed by atoms with Crippen molar-refractivity contribution in [3.05, 3.63) is 51.9 Å². The van der Waals surface area contributed by atoms with E-state index in [0.717, 1.165) is 0 Å². The Labute approximate surface area is 173 Å². The van der Waals surface area contributed by atoms with Gasteiger partial charge >= 0.3 is 5.97 Å². The molecule has 1 aliphatic rings. The number of benzene rings is 1. The zero-order valence-electron chi connectivity index (χ0n) is 15.2. The summed E-state index contributed by atoms with van der Waals surface area (Å²) >= 11 is 12.0. The topological polar surface area (TPSA) is 80.1 Å². The van der Waals surface area contributed by atoms with E-state index in [1.807, 2.05) is 4.90 Å². The van der Waals surface area contributed by atoms with Gasteiger partial charge in [0.2, 0.25) is 10.0 Å². The standard InChI is InChI=1S/C18H20Cl2N2O5S/c1-2-26-18(23)14-5-10-27-16(14)12-21-6-8-22(9-7-21)28(24,25)17-11-13(19)3-4-15(17)20/h3-5,10-11H,2,6-9,12H2,1H3. The van der Waals surface area contributed by atoms with Crippen molar-refractivity contribution in [2.24, 2.45) is 0 Å². The number of sulfonamides is 1. The predicted molar refractivity (Wildman–Crippen MR) is 105 cm³/mol. The van der Waals surface area contributed by atoms with Crippen LogP contribution in [0.4, 0.5) is 0 Å². The molecule has 1 aromatic carbocycles. The molecule has 2 heterocycles. The van der Waals surface area contributed by atoms with E-state index in [1.54, 1.807) is 19.1 Å². The van der Waals surface area contributed by atoms with Crippen molar-refractivity contribution in [2.45, 2.75) is 18.4 Å². The minimum absolute atomic E-state index is 0.00532. The fraction of sp³-hybridized carbons (Fsp3) is 0.389. The van der Waals surface area contributed by atoms with Crippen LogP contribution in [-0.4, -0.2) is 56.4 Å². The van der Waals surface area contributed by atoms with E-state index >= 15 is 0 Å². The van der Waals surface area contributed by atoms with Crippen molar-refractivity contribution in [1.29, 1.82) is 0 Å². The number of hydrogen-bond acceptors (Lipinski definition) is 6. The summed E-state index contributed by atoms with van der Waals surface area (Å²) in [6, 6.07) is 5.96. The summed E-state index contributed by atoms with van der Waals surface area (Å²) in [5.74, 6) is 0.0794. The van der Waals surface area contributed by atoms with Gasteiger partial charge in [-0.05, 0) is 31.2 Å². The molecular formula is C18H20Cl2N2O5S. The average molecular weight is 447 g/mol. The van der Waals surface area contributed by atoms with Gasteiger partial charge in [-0.15, -0.1) is 0 Å². The Balaban J connectivity index is 1.66. The third kappa shape index (κ3) is 4.52. The van der Waals surface area contributed by atoms with Gasteiger partial charge in [0, 0.05) is 31.2 Å². The van der Waals surface area contributed by atoms with Crippen LogP contribution in [0.25, 0.3) is 0 Å². The molecule has 0 radical (unpaired) electrons. The molecule has 0 bridgehead atoms. The summed E-state index contributed by atoms with van der Waals surface area (Å²) in [4.78, 5) is 14.0. The van der Waals surface area contributed by atoms with E-state index in [9.17, 15) is 13.2 Å². The van der Waals surface area contributed by atoms with Gasteiger partial charge in [-0.1, -0.05) is 23.2 Å². The average Bonchev–Trinajstić information content (AvgIpc) is 3.12. The van der Waals surface area contributed by atoms with Crippen molar-refractivity contribution < 1.29 is 22.4 Å². The zero-order valence-corrected chi connectivity index (χ0v) is 17.6. The Morgan fingerprint density at radius 1 is 1.18 bits per heavy atom. The number of rotatable bonds is 6. The van der Waals surface area contributed by atoms with Crippen molar-refractivity contribution in [2.75, 3.05) is 32.8 Å². The Bertz CT molecular complexity index is 953. The van der Waals surface area contributed by atoms with Crippen LogP contribution in [0.2, 0.25) is 10.0 Å². The number of furan rings is 1. The van der Waals surface area contributed by atoms with E-state index < -0.39 is 16.0 Å². The summed E-state index contributed by atoms with van der Waals surface area (Å²) in [5, 5.41) is 0.451. The summed E-state index contributed by atoms with van der Waals surface area (Å²) in [5.41, 5.74) is 0.391. The lowest BCUT2D eigenvalue weighted by molar-refractivity contribution is 0.0521. The fourth-order valence-corrected chi connectivity index (χ4v) is 5.16. The molecule has 3 rings (SSSR count). The smallest absolute Gasteiger partial charge is 0.341 e. The molecule has 1 saturated heterocycles. The molecular weight excluding hydrogens is 427 g/mol. The number of carbonyl (C=O) groups is 1. The SMILES string of the molecule is CCOC(=O)c1ccoc1CN1CCN(S(=O)(=O)c2cc(Cl)ccc2Cl)CC1. The predicted octanol–water partition coefficient (Wildman–Crippen LogP) is 3.27. The van der Waals surface area contributed by atoms with Crippen LogP contribution in [-0.2, 0) is 21.3 Å². The minimum atomic E-state index is -3.74. The summed E-state index contributed by atoms with van der Waals surface area (Å²) in [7, 11) is -3.74. The van der Waals surface area contributed by atoms with Gasteiger partial charge in [0.1, 0.15) is 16.2 Å². The molecule has 0 amide bonds. The number of ether oxygens (including phenoxy) is 1. The quantitative estimate of drug-likeness (QED) is 0.633. The van der Waals surface area contributed by atoms with Crippen LogP contribution in [0.5, 0.6) is 0 Å². The molecule has 1 aliphatic heterocycles. The number of carbonyl (C=O) groups excluding carboxylic acids is 1. The van der Waals surface area contributed by atoms with Gasteiger partial charge in [0.25, 0.3) is 0 Å². The van der Waals surface area contributed by atoms with Crippen LogP contribution >= 0.6 is 23.2 Å². The highest BCUT2D eigenvalue weighted by Crippen LogP contribution is 2.28. The number of piperazine rings is 1. The first-order valence-electron chi connectivity index (χ1n) is 8.74. The number of nitrogens with zero attached hydrogens (tertiary/aromatic N) is 2. The molecule has 28 heavy (non-hydrogen) atoms. The van der Waals surface area contributed by atoms with Crippen molar-refractivity contribution in [3.8, 4) is 0 Å². The molecule has 2 aromatic rings. The summed E-state index contributed by atoms with van der Waals surface area (Å²) in [6.07, 6.45) is 1.45. The van der Waals surface area contributed by atoms with Gasteiger partial charge in [0.05, 0.1) is 24.4 Å². The van der Waals surface area contributed by atoms with Crippen LogP contribution in [0, 0.1) is 0 Å². The lowest BCUT2D eigenvalue weighted by atomic mass is 10.2. The minimum Gasteiger partial charge on any atom is -0.467 e. The highest BCUT2D eigenvalue weighted by atomic mass is 35.5. The van der Waals surface area contributed by atoms with E-state index in [2.05, 4.69) is 0 Å². The Morgan fingerprint density at radius 3 is 2.57 bits per heavy atom. The summed E-state index contributed by atoms with van der Waals surface area (Å²) < 4.78 is 37.6. The normalized spacial score (nSPS) is 16.2. The number of esters is 1. The van der Waals surface area contributed by atoms with Crippen molar-refractivity contribution in [1.82, 2.24) is 9.21 Å². The first-order valence-corrected chi connectivity index (χ1v) is 10.9. The van der Waals surface area contributed by atoms with Crippen molar-refractivity contribution in [3.63, 3.8) is 0 Å². The van der Waals surface area contributed by atoms with E-state index in [0.29, 0.717) is 49.1 Å². The molecule has 0 unspecified atom stereocenters. The fourth-order valence-electron chi connectivity index (χ4n) is 3.00. The third-order valence-electron chi connectivity index (χ3n) is 4.45. The van der Waals surface area contributed by atoms with Crippen LogP contribution in [0.15, 0.2) is 39.8 Å². The molecule has 7 nitrogen and oxygen atoms in total. The van der Waals surface area contributed by atoms with Gasteiger partial charge in [-0.3, -0.25) is 4.90 Å². The van der Waals surface area contributed by atoms with Gasteiger partial charge in [0.15, 0.2) is 0 Å². The molecule has 0 saturated carbocycles. The summed E-state index contributed by atoms with van der Waals surface area (Å²) in [6.45, 7) is 3.98. The second-order valence-corrected chi connectivity index (χ2v) is 8.98. The Morgan fingerprint density at radius 2 is 1.89 bits per heavy atom. The van der Waals surface area contributed by atoms with E-state index in [-0.39, 0.29) is 16.5 Å². The first-order chi connectivity index (χ1) is 13.3. The Hall–Kier alpha value is -1.58. The van der Waals surface area contributed by atoms with Crippen LogP contribution in [0.3, 0.4) is 0 Å². The number of halogens is 2. The van der Waals surface area contributed by atoms with Gasteiger partial charge < -0.3 is 9.15 Å². The van der Waals surface area contributed by atoms with E-state index in [4.69, 9.17) is 32.4 Å². The molecule has 0 atom stereocenters. The molecule has 152 valence electrons. The zero-order chi connectivity index (χ0) is 20.3. The maximum absolute atomic E-state index is 12.9. The third-order valence-corrected chi connectivity index (χ3v) is 7.07. The first kappa shape index (κ1) is 21.1.